The molecule has 7 heteroatoms. The first-order chi connectivity index (χ1) is 12.0. The summed E-state index contributed by atoms with van der Waals surface area (Å²) in [5, 5.41) is 20.8. The number of phenolic OH excluding ortho intramolecular Hbond substituents is 1. The van der Waals surface area contributed by atoms with Crippen molar-refractivity contribution >= 4 is 22.5 Å². The van der Waals surface area contributed by atoms with E-state index >= 15 is 0 Å². The maximum Gasteiger partial charge on any atom is 0.273 e. The van der Waals surface area contributed by atoms with Gasteiger partial charge in [-0.05, 0) is 12.5 Å². The summed E-state index contributed by atoms with van der Waals surface area (Å²) in [7, 11) is 0. The summed E-state index contributed by atoms with van der Waals surface area (Å²) >= 11 is 0. The van der Waals surface area contributed by atoms with Gasteiger partial charge in [0.05, 0.1) is 5.69 Å². The second kappa shape index (κ2) is 6.72. The number of hydrogen-bond acceptors (Lipinski definition) is 5. The van der Waals surface area contributed by atoms with Crippen molar-refractivity contribution in [3.8, 4) is 16.9 Å². The molecule has 0 spiro atoms. The van der Waals surface area contributed by atoms with E-state index in [2.05, 4.69) is 15.5 Å². The summed E-state index contributed by atoms with van der Waals surface area (Å²) < 4.78 is 14.3. The average Bonchev–Trinajstić information content (AvgIpc) is 2.62. The molecule has 6 nitrogen and oxygen atoms in total. The number of nitrogens with zero attached hydrogens (tertiary/aromatic N) is 2. The van der Waals surface area contributed by atoms with Gasteiger partial charge < -0.3 is 16.2 Å². The van der Waals surface area contributed by atoms with E-state index in [-0.39, 0.29) is 16.9 Å². The minimum absolute atomic E-state index is 0.0366. The Morgan fingerprint density at radius 3 is 2.68 bits per heavy atom. The lowest BCUT2D eigenvalue weighted by atomic mass is 10.0. The fourth-order valence-corrected chi connectivity index (χ4v) is 2.59. The van der Waals surface area contributed by atoms with Gasteiger partial charge in [0.25, 0.3) is 5.91 Å². The quantitative estimate of drug-likeness (QED) is 0.678. The Balaban J connectivity index is 2.17. The Morgan fingerprint density at radius 2 is 1.92 bits per heavy atom. The number of halogens is 1. The Bertz CT molecular complexity index is 959. The van der Waals surface area contributed by atoms with Gasteiger partial charge in [-0.2, -0.15) is 0 Å². The third-order valence-electron chi connectivity index (χ3n) is 3.85. The van der Waals surface area contributed by atoms with E-state index in [1.165, 1.54) is 18.2 Å². The molecule has 4 N–H and O–H groups in total. The van der Waals surface area contributed by atoms with E-state index in [1.807, 2.05) is 6.92 Å². The number of rotatable bonds is 4. The van der Waals surface area contributed by atoms with Crippen LogP contribution in [0.15, 0.2) is 36.4 Å². The molecule has 25 heavy (non-hydrogen) atoms. The highest BCUT2D eigenvalue weighted by Crippen LogP contribution is 2.34. The molecule has 1 amide bonds. The Hall–Kier alpha value is -3.22. The van der Waals surface area contributed by atoms with Gasteiger partial charge in [-0.25, -0.2) is 4.39 Å². The molecule has 128 valence electrons. The van der Waals surface area contributed by atoms with E-state index in [0.29, 0.717) is 23.0 Å². The summed E-state index contributed by atoms with van der Waals surface area (Å²) in [5.41, 5.74) is 7.29. The van der Waals surface area contributed by atoms with Crippen LogP contribution in [0.4, 0.5) is 10.1 Å². The van der Waals surface area contributed by atoms with Crippen molar-refractivity contribution in [2.75, 3.05) is 12.3 Å². The Kier molecular flexibility index (Phi) is 4.47. The number of nitrogens with two attached hydrogens (primary N) is 1. The number of nitrogens with one attached hydrogen (secondary N) is 1. The van der Waals surface area contributed by atoms with Crippen LogP contribution in [0.2, 0.25) is 0 Å². The predicted molar refractivity (Wildman–Crippen MR) is 93.6 cm³/mol. The van der Waals surface area contributed by atoms with Crippen LogP contribution in [0.1, 0.15) is 23.8 Å². The van der Waals surface area contributed by atoms with Gasteiger partial charge in [-0.1, -0.05) is 37.3 Å². The number of fused-ring (bicyclic) bond motifs is 1. The van der Waals surface area contributed by atoms with Crippen molar-refractivity contribution in [2.45, 2.75) is 13.3 Å². The van der Waals surface area contributed by atoms with E-state index in [0.717, 1.165) is 6.42 Å². The molecular formula is C18H17FN4O2. The number of benzene rings is 2. The average molecular weight is 340 g/mol. The molecule has 0 fully saturated rings. The molecule has 1 aromatic heterocycles. The first-order valence-electron chi connectivity index (χ1n) is 7.85. The van der Waals surface area contributed by atoms with E-state index in [1.54, 1.807) is 18.2 Å². The first-order valence-corrected chi connectivity index (χ1v) is 7.85. The van der Waals surface area contributed by atoms with Crippen molar-refractivity contribution in [1.82, 2.24) is 15.5 Å². The van der Waals surface area contributed by atoms with Crippen LogP contribution in [-0.4, -0.2) is 27.8 Å². The topological polar surface area (TPSA) is 101 Å². The highest BCUT2D eigenvalue weighted by Gasteiger charge is 2.18. The number of aromatic nitrogens is 2. The number of hydrogen-bond donors (Lipinski definition) is 3. The van der Waals surface area contributed by atoms with E-state index in [9.17, 15) is 14.3 Å². The summed E-state index contributed by atoms with van der Waals surface area (Å²) in [6.45, 7) is 2.44. The predicted octanol–water partition coefficient (Wildman–Crippen LogP) is 2.86. The van der Waals surface area contributed by atoms with Crippen molar-refractivity contribution in [3.05, 3.63) is 47.9 Å². The van der Waals surface area contributed by atoms with Gasteiger partial charge in [0, 0.05) is 23.1 Å². The summed E-state index contributed by atoms with van der Waals surface area (Å²) in [4.78, 5) is 12.1. The van der Waals surface area contributed by atoms with Gasteiger partial charge in [-0.15, -0.1) is 10.2 Å². The lowest BCUT2D eigenvalue weighted by Crippen LogP contribution is -2.26. The van der Waals surface area contributed by atoms with Gasteiger partial charge >= 0.3 is 0 Å². The maximum absolute atomic E-state index is 14.3. The Labute approximate surface area is 143 Å². The van der Waals surface area contributed by atoms with Gasteiger partial charge in [-0.3, -0.25) is 4.79 Å². The summed E-state index contributed by atoms with van der Waals surface area (Å²) in [6, 6.07) is 9.37. The fraction of sp³-hybridized carbons (Fsp3) is 0.167. The molecule has 2 aromatic carbocycles. The zero-order valence-electron chi connectivity index (χ0n) is 13.6. The zero-order chi connectivity index (χ0) is 18.0. The number of amides is 1. The second-order valence-corrected chi connectivity index (χ2v) is 5.56. The van der Waals surface area contributed by atoms with E-state index in [4.69, 9.17) is 5.73 Å². The second-order valence-electron chi connectivity index (χ2n) is 5.56. The molecule has 0 aliphatic carbocycles. The number of phenols is 1. The molecule has 0 bridgehead atoms. The molecular weight excluding hydrogens is 323 g/mol. The summed E-state index contributed by atoms with van der Waals surface area (Å²) in [5.74, 6) is -1.60. The van der Waals surface area contributed by atoms with Crippen molar-refractivity contribution < 1.29 is 14.3 Å². The minimum Gasteiger partial charge on any atom is -0.505 e. The van der Waals surface area contributed by atoms with Crippen LogP contribution < -0.4 is 11.1 Å². The van der Waals surface area contributed by atoms with Crippen LogP contribution in [0.3, 0.4) is 0 Å². The molecule has 0 atom stereocenters. The molecule has 0 unspecified atom stereocenters. The number of anilines is 1. The molecule has 3 rings (SSSR count). The molecule has 0 saturated heterocycles. The molecule has 0 aliphatic rings. The first kappa shape index (κ1) is 16.6. The molecule has 0 radical (unpaired) electrons. The van der Waals surface area contributed by atoms with Crippen LogP contribution in [0.5, 0.6) is 5.75 Å². The molecule has 0 aliphatic heterocycles. The highest BCUT2D eigenvalue weighted by molar-refractivity contribution is 6.07. The largest absolute Gasteiger partial charge is 0.505 e. The van der Waals surface area contributed by atoms with Gasteiger partial charge in [0.1, 0.15) is 5.52 Å². The number of carbonyl (C=O) groups is 1. The normalized spacial score (nSPS) is 10.8. The molecule has 3 aromatic rings. The smallest absolute Gasteiger partial charge is 0.273 e. The van der Waals surface area contributed by atoms with Crippen molar-refractivity contribution in [2.24, 2.45) is 0 Å². The third-order valence-corrected chi connectivity index (χ3v) is 3.85. The number of carbonyl (C=O) groups excluding carboxylic acids is 1. The highest BCUT2D eigenvalue weighted by atomic mass is 19.1. The number of nitrogen functional groups attached to an aromatic ring is 1. The third kappa shape index (κ3) is 2.96. The van der Waals surface area contributed by atoms with Crippen LogP contribution in [0, 0.1) is 5.82 Å². The Morgan fingerprint density at radius 1 is 1.20 bits per heavy atom. The minimum atomic E-state index is -0.750. The fourth-order valence-electron chi connectivity index (χ4n) is 2.59. The monoisotopic (exact) mass is 340 g/mol. The molecule has 0 saturated carbocycles. The van der Waals surface area contributed by atoms with Gasteiger partial charge in [0.2, 0.25) is 0 Å². The lowest BCUT2D eigenvalue weighted by molar-refractivity contribution is 0.0949. The van der Waals surface area contributed by atoms with Crippen molar-refractivity contribution in [1.29, 1.82) is 0 Å². The standard InChI is InChI=1S/C18H17FN4O2/c1-2-9-21-18(25)17-15(20)12-7-3-6-11(16(12)22-23-17)10-5-4-8-13(24)14(10)19/h3-8,24H,2,9H2,1H3,(H2,20,22)(H,21,25). The zero-order valence-corrected chi connectivity index (χ0v) is 13.6. The van der Waals surface area contributed by atoms with Crippen LogP contribution in [-0.2, 0) is 0 Å². The number of aromatic hydroxyl groups is 1. The maximum atomic E-state index is 14.3. The summed E-state index contributed by atoms with van der Waals surface area (Å²) in [6.07, 6.45) is 0.785. The van der Waals surface area contributed by atoms with Gasteiger partial charge in [0.15, 0.2) is 17.3 Å². The SMILES string of the molecule is CCCNC(=O)c1nnc2c(-c3cccc(O)c3F)cccc2c1N. The van der Waals surface area contributed by atoms with E-state index < -0.39 is 17.5 Å². The van der Waals surface area contributed by atoms with Crippen LogP contribution >= 0.6 is 0 Å². The van der Waals surface area contributed by atoms with Crippen molar-refractivity contribution in [3.63, 3.8) is 0 Å². The lowest BCUT2D eigenvalue weighted by Gasteiger charge is -2.11. The van der Waals surface area contributed by atoms with Crippen LogP contribution in [0.25, 0.3) is 22.0 Å². The molecule has 1 heterocycles.